The molecule has 0 saturated carbocycles. The predicted molar refractivity (Wildman–Crippen MR) is 113 cm³/mol. The van der Waals surface area contributed by atoms with Crippen molar-refractivity contribution >= 4 is 17.5 Å². The van der Waals surface area contributed by atoms with Crippen LogP contribution in [0.1, 0.15) is 42.3 Å². The van der Waals surface area contributed by atoms with Gasteiger partial charge in [-0.1, -0.05) is 49.7 Å². The van der Waals surface area contributed by atoms with E-state index in [1.54, 1.807) is 12.1 Å². The van der Waals surface area contributed by atoms with Gasteiger partial charge in [0.15, 0.2) is 11.5 Å². The molecule has 0 fully saturated rings. The topological polar surface area (TPSA) is 50.8 Å². The normalized spacial score (nSPS) is 10.8. The maximum absolute atomic E-state index is 12.7. The first kappa shape index (κ1) is 22.1. The highest BCUT2D eigenvalue weighted by Crippen LogP contribution is 2.36. The van der Waals surface area contributed by atoms with Crippen LogP contribution < -0.4 is 14.8 Å². The molecule has 0 spiro atoms. The first-order valence-corrected chi connectivity index (χ1v) is 9.99. The lowest BCUT2D eigenvalue weighted by atomic mass is 10.1. The maximum atomic E-state index is 12.7. The van der Waals surface area contributed by atoms with Gasteiger partial charge in [-0.05, 0) is 43.3 Å². The number of hydrogen-bond acceptors (Lipinski definition) is 4. The fourth-order valence-electron chi connectivity index (χ4n) is 2.99. The average Bonchev–Trinajstić information content (AvgIpc) is 2.72. The van der Waals surface area contributed by atoms with Crippen molar-refractivity contribution in [2.75, 3.05) is 26.8 Å². The van der Waals surface area contributed by atoms with Gasteiger partial charge < -0.3 is 14.8 Å². The second kappa shape index (κ2) is 10.9. The third-order valence-electron chi connectivity index (χ3n) is 4.63. The SMILES string of the molecule is CCOc1c(Cl)cc(C(=O)NCc2ccccc2CN(CC)CC)cc1OC. The molecule has 0 aromatic heterocycles. The van der Waals surface area contributed by atoms with Crippen LogP contribution in [0.25, 0.3) is 0 Å². The molecule has 6 heteroatoms. The van der Waals surface area contributed by atoms with Gasteiger partial charge in [-0.25, -0.2) is 0 Å². The molecule has 5 nitrogen and oxygen atoms in total. The van der Waals surface area contributed by atoms with Gasteiger partial charge in [0.2, 0.25) is 0 Å². The molecule has 1 amide bonds. The fourth-order valence-corrected chi connectivity index (χ4v) is 3.25. The third kappa shape index (κ3) is 5.63. The Kier molecular flexibility index (Phi) is 8.61. The van der Waals surface area contributed by atoms with Gasteiger partial charge in [-0.2, -0.15) is 0 Å². The van der Waals surface area contributed by atoms with E-state index in [2.05, 4.69) is 30.1 Å². The van der Waals surface area contributed by atoms with Crippen LogP contribution in [-0.2, 0) is 13.1 Å². The quantitative estimate of drug-likeness (QED) is 0.632. The Bertz CT molecular complexity index is 791. The summed E-state index contributed by atoms with van der Waals surface area (Å²) in [5, 5.41) is 3.34. The molecule has 28 heavy (non-hydrogen) atoms. The summed E-state index contributed by atoms with van der Waals surface area (Å²) in [7, 11) is 1.53. The van der Waals surface area contributed by atoms with Gasteiger partial charge in [-0.3, -0.25) is 9.69 Å². The van der Waals surface area contributed by atoms with Crippen molar-refractivity contribution in [3.8, 4) is 11.5 Å². The van der Waals surface area contributed by atoms with E-state index >= 15 is 0 Å². The third-order valence-corrected chi connectivity index (χ3v) is 4.91. The summed E-state index contributed by atoms with van der Waals surface area (Å²) in [5.41, 5.74) is 2.76. The molecule has 152 valence electrons. The second-order valence-corrected chi connectivity index (χ2v) is 6.74. The van der Waals surface area contributed by atoms with E-state index in [1.807, 2.05) is 25.1 Å². The van der Waals surface area contributed by atoms with Gasteiger partial charge in [0, 0.05) is 18.7 Å². The highest BCUT2D eigenvalue weighted by Gasteiger charge is 2.16. The molecule has 0 aliphatic rings. The molecule has 0 bridgehead atoms. The Balaban J connectivity index is 2.14. The number of rotatable bonds is 10. The Morgan fingerprint density at radius 1 is 1.11 bits per heavy atom. The van der Waals surface area contributed by atoms with Crippen molar-refractivity contribution in [2.45, 2.75) is 33.9 Å². The van der Waals surface area contributed by atoms with Crippen LogP contribution in [-0.4, -0.2) is 37.6 Å². The Morgan fingerprint density at radius 3 is 2.39 bits per heavy atom. The van der Waals surface area contributed by atoms with Gasteiger partial charge in [0.1, 0.15) is 0 Å². The first-order chi connectivity index (χ1) is 13.5. The smallest absolute Gasteiger partial charge is 0.251 e. The minimum absolute atomic E-state index is 0.208. The molecular weight excluding hydrogens is 376 g/mol. The van der Waals surface area contributed by atoms with Crippen LogP contribution in [0.5, 0.6) is 11.5 Å². The molecule has 0 radical (unpaired) electrons. The van der Waals surface area contributed by atoms with E-state index in [4.69, 9.17) is 21.1 Å². The van der Waals surface area contributed by atoms with Crippen molar-refractivity contribution in [1.29, 1.82) is 0 Å². The fraction of sp³-hybridized carbons (Fsp3) is 0.409. The summed E-state index contributed by atoms with van der Waals surface area (Å²) in [4.78, 5) is 15.0. The number of amides is 1. The van der Waals surface area contributed by atoms with E-state index < -0.39 is 0 Å². The van der Waals surface area contributed by atoms with Gasteiger partial charge in [0.05, 0.1) is 18.7 Å². The molecule has 0 saturated heterocycles. The molecule has 2 rings (SSSR count). The minimum Gasteiger partial charge on any atom is -0.493 e. The number of nitrogens with zero attached hydrogens (tertiary/aromatic N) is 1. The highest BCUT2D eigenvalue weighted by molar-refractivity contribution is 6.32. The zero-order valence-electron chi connectivity index (χ0n) is 17.0. The van der Waals surface area contributed by atoms with Crippen LogP contribution in [0.3, 0.4) is 0 Å². The van der Waals surface area contributed by atoms with E-state index in [0.29, 0.717) is 35.2 Å². The van der Waals surface area contributed by atoms with Crippen molar-refractivity contribution in [2.24, 2.45) is 0 Å². The highest BCUT2D eigenvalue weighted by atomic mass is 35.5. The molecule has 1 N–H and O–H groups in total. The molecule has 2 aromatic carbocycles. The van der Waals surface area contributed by atoms with Crippen LogP contribution >= 0.6 is 11.6 Å². The number of benzene rings is 2. The van der Waals surface area contributed by atoms with Crippen LogP contribution in [0.2, 0.25) is 5.02 Å². The Labute approximate surface area is 172 Å². The standard InChI is InChI=1S/C22H29ClN2O3/c1-5-25(6-2)15-17-11-9-8-10-16(17)14-24-22(26)18-12-19(23)21(28-7-3)20(13-18)27-4/h8-13H,5-7,14-15H2,1-4H3,(H,24,26). The van der Waals surface area contributed by atoms with E-state index in [1.165, 1.54) is 12.7 Å². The minimum atomic E-state index is -0.208. The number of carbonyl (C=O) groups excluding carboxylic acids is 1. The number of halogens is 1. The van der Waals surface area contributed by atoms with Gasteiger partial charge in [0.25, 0.3) is 5.91 Å². The largest absolute Gasteiger partial charge is 0.493 e. The summed E-state index contributed by atoms with van der Waals surface area (Å²) in [6, 6.07) is 11.4. The number of carbonyl (C=O) groups is 1. The zero-order chi connectivity index (χ0) is 20.5. The molecule has 0 atom stereocenters. The van der Waals surface area contributed by atoms with E-state index in [-0.39, 0.29) is 5.91 Å². The molecule has 0 unspecified atom stereocenters. The molecular formula is C22H29ClN2O3. The lowest BCUT2D eigenvalue weighted by molar-refractivity contribution is 0.0950. The zero-order valence-corrected chi connectivity index (χ0v) is 17.8. The molecule has 0 aliphatic heterocycles. The van der Waals surface area contributed by atoms with Crippen LogP contribution in [0.15, 0.2) is 36.4 Å². The number of hydrogen-bond donors (Lipinski definition) is 1. The summed E-state index contributed by atoms with van der Waals surface area (Å²) in [6.07, 6.45) is 0. The Hall–Kier alpha value is -2.24. The summed E-state index contributed by atoms with van der Waals surface area (Å²) < 4.78 is 10.8. The predicted octanol–water partition coefficient (Wildman–Crippen LogP) is 4.52. The lowest BCUT2D eigenvalue weighted by Gasteiger charge is -2.20. The number of ether oxygens (including phenoxy) is 2. The molecule has 0 heterocycles. The van der Waals surface area contributed by atoms with E-state index in [0.717, 1.165) is 25.2 Å². The van der Waals surface area contributed by atoms with Crippen molar-refractivity contribution < 1.29 is 14.3 Å². The van der Waals surface area contributed by atoms with Crippen molar-refractivity contribution in [1.82, 2.24) is 10.2 Å². The first-order valence-electron chi connectivity index (χ1n) is 9.61. The average molecular weight is 405 g/mol. The number of methoxy groups -OCH3 is 1. The number of nitrogens with one attached hydrogen (secondary N) is 1. The van der Waals surface area contributed by atoms with Crippen molar-refractivity contribution in [3.63, 3.8) is 0 Å². The summed E-state index contributed by atoms with van der Waals surface area (Å²) in [6.45, 7) is 9.92. The van der Waals surface area contributed by atoms with E-state index in [9.17, 15) is 4.79 Å². The second-order valence-electron chi connectivity index (χ2n) is 6.34. The lowest BCUT2D eigenvalue weighted by Crippen LogP contribution is -2.26. The van der Waals surface area contributed by atoms with Crippen molar-refractivity contribution in [3.05, 3.63) is 58.1 Å². The molecule has 0 aliphatic carbocycles. The molecule has 2 aromatic rings. The van der Waals surface area contributed by atoms with Crippen LogP contribution in [0.4, 0.5) is 0 Å². The van der Waals surface area contributed by atoms with Crippen LogP contribution in [0, 0.1) is 0 Å². The Morgan fingerprint density at radius 2 is 1.79 bits per heavy atom. The summed E-state index contributed by atoms with van der Waals surface area (Å²) in [5.74, 6) is 0.690. The summed E-state index contributed by atoms with van der Waals surface area (Å²) >= 11 is 6.28. The van der Waals surface area contributed by atoms with Gasteiger partial charge >= 0.3 is 0 Å². The monoisotopic (exact) mass is 404 g/mol. The van der Waals surface area contributed by atoms with Gasteiger partial charge in [-0.15, -0.1) is 0 Å². The maximum Gasteiger partial charge on any atom is 0.251 e.